The molecule has 0 amide bonds. The van der Waals surface area contributed by atoms with E-state index in [-0.39, 0.29) is 6.07 Å². The van der Waals surface area contributed by atoms with Gasteiger partial charge in [0.05, 0.1) is 4.88 Å². The summed E-state index contributed by atoms with van der Waals surface area (Å²) in [6.07, 6.45) is -56.5. The lowest BCUT2D eigenvalue weighted by molar-refractivity contribution is -0.580. The van der Waals surface area contributed by atoms with Crippen LogP contribution in [0.5, 0.6) is 0 Å². The molecule has 1 heterocycles. The van der Waals surface area contributed by atoms with Gasteiger partial charge in [0.2, 0.25) is 0 Å². The highest BCUT2D eigenvalue weighted by molar-refractivity contribution is 7.10. The Morgan fingerprint density at radius 1 is 0.429 bits per heavy atom. The van der Waals surface area contributed by atoms with E-state index in [0.717, 1.165) is 4.74 Å². The fraction of sp³-hybridized carbons (Fsp3) is 0.733. The van der Waals surface area contributed by atoms with Crippen LogP contribution in [0.3, 0.4) is 0 Å². The maximum absolute atomic E-state index is 14.4. The Balaban J connectivity index is 3.86. The molecular weight excluding hydrogens is 697 g/mol. The Kier molecular flexibility index (Phi) is 9.29. The van der Waals surface area contributed by atoms with Crippen LogP contribution in [0.1, 0.15) is 4.88 Å². The van der Waals surface area contributed by atoms with Crippen molar-refractivity contribution in [3.63, 3.8) is 0 Å². The molecule has 27 heteroatoms. The molecule has 42 heavy (non-hydrogen) atoms. The molecule has 0 fully saturated rings. The van der Waals surface area contributed by atoms with Crippen molar-refractivity contribution >= 4 is 11.3 Å². The van der Waals surface area contributed by atoms with Gasteiger partial charge in [-0.25, -0.2) is 0 Å². The molecule has 1 rings (SSSR count). The van der Waals surface area contributed by atoms with Crippen molar-refractivity contribution < 1.29 is 115 Å². The minimum atomic E-state index is -8.65. The van der Waals surface area contributed by atoms with Gasteiger partial charge in [-0.15, -0.1) is 11.3 Å². The van der Waals surface area contributed by atoms with Gasteiger partial charge in [-0.05, 0) is 11.4 Å². The Morgan fingerprint density at radius 2 is 0.786 bits per heavy atom. The van der Waals surface area contributed by atoms with Crippen molar-refractivity contribution in [3.05, 3.63) is 22.4 Å². The first kappa shape index (κ1) is 38.0. The average molecular weight is 700 g/mol. The third kappa shape index (κ3) is 6.14. The van der Waals surface area contributed by atoms with Gasteiger partial charge in [-0.1, -0.05) is 6.07 Å². The summed E-state index contributed by atoms with van der Waals surface area (Å²) in [4.78, 5) is -2.31. The predicted octanol–water partition coefficient (Wildman–Crippen LogP) is 8.91. The zero-order chi connectivity index (χ0) is 34.0. The number of halogens is 23. The second-order valence-electron chi connectivity index (χ2n) is 7.19. The van der Waals surface area contributed by atoms with Gasteiger partial charge in [-0.2, -0.15) is 101 Å². The van der Waals surface area contributed by atoms with Crippen LogP contribution in [0.15, 0.2) is 17.5 Å². The van der Waals surface area contributed by atoms with E-state index in [9.17, 15) is 101 Å². The summed E-state index contributed by atoms with van der Waals surface area (Å²) in [5, 5.41) is 0.336. The Bertz CT molecular complexity index is 1070. The molecule has 0 N–H and O–H groups in total. The van der Waals surface area contributed by atoms with Gasteiger partial charge >= 0.3 is 66.5 Å². The lowest BCUT2D eigenvalue weighted by Gasteiger charge is -2.42. The molecule has 248 valence electrons. The van der Waals surface area contributed by atoms with E-state index in [4.69, 9.17) is 0 Å². The number of ether oxygens (including phenoxy) is 3. The maximum atomic E-state index is 14.4. The highest BCUT2D eigenvalue weighted by Crippen LogP contribution is 2.60. The summed E-state index contributed by atoms with van der Waals surface area (Å²) in [7, 11) is 0. The quantitative estimate of drug-likeness (QED) is 0.229. The minimum Gasteiger partial charge on any atom is -0.265 e. The highest BCUT2D eigenvalue weighted by atomic mass is 32.1. The molecule has 3 nitrogen and oxygen atoms in total. The smallest absolute Gasteiger partial charge is 0.265 e. The number of hydrogen-bond donors (Lipinski definition) is 0. The van der Waals surface area contributed by atoms with E-state index in [2.05, 4.69) is 0 Å². The average Bonchev–Trinajstić information content (AvgIpc) is 3.24. The van der Waals surface area contributed by atoms with E-state index in [1.54, 1.807) is 0 Å². The zero-order valence-electron chi connectivity index (χ0n) is 18.1. The lowest BCUT2D eigenvalue weighted by Crippen LogP contribution is -2.70. The summed E-state index contributed by atoms with van der Waals surface area (Å²) >= 11 is -0.674. The first-order chi connectivity index (χ1) is 18.0. The fourth-order valence-electron chi connectivity index (χ4n) is 2.16. The number of alkyl halides is 23. The molecule has 0 spiro atoms. The van der Waals surface area contributed by atoms with Crippen LogP contribution in [0.2, 0.25) is 0 Å². The number of rotatable bonds is 10. The molecular formula is C15H3F23O3S. The Labute approximate surface area is 216 Å². The van der Waals surface area contributed by atoms with Crippen molar-refractivity contribution in [2.75, 3.05) is 0 Å². The fourth-order valence-corrected chi connectivity index (χ4v) is 2.93. The molecule has 0 aromatic carbocycles. The van der Waals surface area contributed by atoms with Crippen LogP contribution >= 0.6 is 11.3 Å². The molecule has 0 bridgehead atoms. The van der Waals surface area contributed by atoms with Crippen LogP contribution in [0.25, 0.3) is 0 Å². The first-order valence-electron chi connectivity index (χ1n) is 8.97. The first-order valence-corrected chi connectivity index (χ1v) is 9.85. The minimum absolute atomic E-state index is 0.232. The van der Waals surface area contributed by atoms with Crippen molar-refractivity contribution in [2.24, 2.45) is 0 Å². The predicted molar refractivity (Wildman–Crippen MR) is 82.0 cm³/mol. The highest BCUT2D eigenvalue weighted by Gasteiger charge is 2.88. The normalized spacial score (nSPS) is 19.7. The van der Waals surface area contributed by atoms with Gasteiger partial charge in [-0.3, -0.25) is 14.2 Å². The van der Waals surface area contributed by atoms with Crippen molar-refractivity contribution in [3.8, 4) is 0 Å². The largest absolute Gasteiger partial charge is 0.462 e. The summed E-state index contributed by atoms with van der Waals surface area (Å²) in [5.74, 6) is -31.6. The van der Waals surface area contributed by atoms with Crippen molar-refractivity contribution in [1.29, 1.82) is 0 Å². The Hall–Kier alpha value is -2.03. The van der Waals surface area contributed by atoms with Crippen LogP contribution < -0.4 is 0 Å². The van der Waals surface area contributed by atoms with Crippen LogP contribution in [-0.4, -0.2) is 60.7 Å². The maximum Gasteiger partial charge on any atom is 0.462 e. The molecule has 0 saturated heterocycles. The van der Waals surface area contributed by atoms with E-state index in [0.29, 0.717) is 11.4 Å². The molecule has 3 unspecified atom stereocenters. The van der Waals surface area contributed by atoms with E-state index >= 15 is 0 Å². The van der Waals surface area contributed by atoms with E-state index in [1.165, 1.54) is 4.74 Å². The molecule has 0 saturated carbocycles. The summed E-state index contributed by atoms with van der Waals surface area (Å²) < 4.78 is 308. The number of thiophene rings is 1. The monoisotopic (exact) mass is 700 g/mol. The Morgan fingerprint density at radius 3 is 1.07 bits per heavy atom. The third-order valence-electron chi connectivity index (χ3n) is 4.21. The molecule has 3 atom stereocenters. The van der Waals surface area contributed by atoms with E-state index in [1.807, 2.05) is 4.74 Å². The standard InChI is InChI=1S/C15H3F23O3S/c16-5(9(21,22)23,4-2-1-3-42-4)39-14(35,36)7(19,11(27,28)29)41-15(37,38)8(20,12(30,31)32)40-13(33,34)6(17,18)10(24,25)26/h1-3H. The second kappa shape index (κ2) is 10.3. The molecule has 0 radical (unpaired) electrons. The summed E-state index contributed by atoms with van der Waals surface area (Å²) in [6.45, 7) is 0. The zero-order valence-corrected chi connectivity index (χ0v) is 18.9. The molecule has 1 aromatic heterocycles. The molecule has 1 aromatic rings. The van der Waals surface area contributed by atoms with Gasteiger partial charge in [0, 0.05) is 0 Å². The summed E-state index contributed by atoms with van der Waals surface area (Å²) in [6, 6.07) is 0.0812. The van der Waals surface area contributed by atoms with Crippen LogP contribution in [-0.2, 0) is 20.1 Å². The SMILES string of the molecule is FC(F)(F)C(F)(OC(F)(F)C(F)(OC(F)(F)C(F)(OC(F)(F)C(F)(F)C(F)(F)F)C(F)(F)F)C(F)(F)F)c1cccs1. The lowest BCUT2D eigenvalue weighted by atomic mass is 10.2. The molecule has 0 aliphatic carbocycles. The van der Waals surface area contributed by atoms with Crippen molar-refractivity contribution in [2.45, 2.75) is 66.5 Å². The van der Waals surface area contributed by atoms with Gasteiger partial charge in [0.15, 0.2) is 0 Å². The topological polar surface area (TPSA) is 27.7 Å². The number of hydrogen-bond acceptors (Lipinski definition) is 4. The van der Waals surface area contributed by atoms with Crippen LogP contribution in [0, 0.1) is 0 Å². The van der Waals surface area contributed by atoms with Crippen molar-refractivity contribution in [1.82, 2.24) is 0 Å². The molecule has 0 aliphatic rings. The van der Waals surface area contributed by atoms with Crippen LogP contribution in [0.4, 0.5) is 101 Å². The third-order valence-corrected chi connectivity index (χ3v) is 5.15. The van der Waals surface area contributed by atoms with E-state index < -0.39 is 82.7 Å². The molecule has 0 aliphatic heterocycles. The second-order valence-corrected chi connectivity index (χ2v) is 8.13. The summed E-state index contributed by atoms with van der Waals surface area (Å²) in [5.41, 5.74) is 0. The van der Waals surface area contributed by atoms with Gasteiger partial charge in [0.1, 0.15) is 0 Å². The van der Waals surface area contributed by atoms with Gasteiger partial charge < -0.3 is 0 Å². The van der Waals surface area contributed by atoms with Gasteiger partial charge in [0.25, 0.3) is 0 Å².